The molecule has 1 amide bonds. The molecule has 33 heavy (non-hydrogen) atoms. The predicted octanol–water partition coefficient (Wildman–Crippen LogP) is 4.38. The standard InChI is InChI=1S/C26H30N2O5/c1-16-14-20(29)24(26(30)27-17(2)21-6-5-13-33-21)25(19-8-9-19)28(16)12-11-18-7-10-22(31-3)23(15-18)32-4/h5-7,10,13-15,17,19H,8-9,11-12H2,1-4H3,(H,27,30). The monoisotopic (exact) mass is 450 g/mol. The first-order valence-electron chi connectivity index (χ1n) is 11.2. The minimum atomic E-state index is -0.356. The predicted molar refractivity (Wildman–Crippen MR) is 125 cm³/mol. The van der Waals surface area contributed by atoms with Gasteiger partial charge < -0.3 is 23.8 Å². The summed E-state index contributed by atoms with van der Waals surface area (Å²) in [5, 5.41) is 2.93. The molecule has 0 radical (unpaired) electrons. The van der Waals surface area contributed by atoms with Gasteiger partial charge >= 0.3 is 0 Å². The van der Waals surface area contributed by atoms with E-state index in [0.717, 1.165) is 36.2 Å². The number of hydrogen-bond donors (Lipinski definition) is 1. The summed E-state index contributed by atoms with van der Waals surface area (Å²) < 4.78 is 18.3. The number of furan rings is 1. The molecule has 0 bridgehead atoms. The zero-order valence-corrected chi connectivity index (χ0v) is 19.5. The van der Waals surface area contributed by atoms with Crippen molar-refractivity contribution >= 4 is 5.91 Å². The minimum absolute atomic E-state index is 0.225. The van der Waals surface area contributed by atoms with E-state index in [4.69, 9.17) is 13.9 Å². The summed E-state index contributed by atoms with van der Waals surface area (Å²) >= 11 is 0. The van der Waals surface area contributed by atoms with Gasteiger partial charge in [0.15, 0.2) is 16.9 Å². The highest BCUT2D eigenvalue weighted by Gasteiger charge is 2.33. The van der Waals surface area contributed by atoms with Crippen molar-refractivity contribution in [2.45, 2.75) is 51.6 Å². The van der Waals surface area contributed by atoms with Crippen LogP contribution in [-0.4, -0.2) is 24.7 Å². The Morgan fingerprint density at radius 3 is 2.58 bits per heavy atom. The molecule has 2 heterocycles. The average molecular weight is 451 g/mol. The molecule has 7 heteroatoms. The quantitative estimate of drug-likeness (QED) is 0.523. The number of carbonyl (C=O) groups is 1. The molecular formula is C26H30N2O5. The summed E-state index contributed by atoms with van der Waals surface area (Å²) in [7, 11) is 3.23. The molecule has 1 N–H and O–H groups in total. The lowest BCUT2D eigenvalue weighted by molar-refractivity contribution is 0.0932. The number of aryl methyl sites for hydroxylation is 2. The molecule has 1 unspecified atom stereocenters. The number of rotatable bonds is 9. The minimum Gasteiger partial charge on any atom is -0.493 e. The maximum atomic E-state index is 13.2. The largest absolute Gasteiger partial charge is 0.493 e. The first-order chi connectivity index (χ1) is 15.9. The van der Waals surface area contributed by atoms with E-state index in [-0.39, 0.29) is 28.9 Å². The van der Waals surface area contributed by atoms with E-state index in [0.29, 0.717) is 23.8 Å². The summed E-state index contributed by atoms with van der Waals surface area (Å²) in [6.07, 6.45) is 4.26. The van der Waals surface area contributed by atoms with Crippen molar-refractivity contribution in [1.29, 1.82) is 0 Å². The maximum absolute atomic E-state index is 13.2. The van der Waals surface area contributed by atoms with E-state index in [1.165, 1.54) is 0 Å². The van der Waals surface area contributed by atoms with Crippen LogP contribution in [0, 0.1) is 6.92 Å². The third kappa shape index (κ3) is 4.82. The summed E-state index contributed by atoms with van der Waals surface area (Å²) in [4.78, 5) is 26.2. The lowest BCUT2D eigenvalue weighted by Crippen LogP contribution is -2.34. The number of nitrogens with zero attached hydrogens (tertiary/aromatic N) is 1. The Labute approximate surface area is 193 Å². The molecule has 1 aliphatic carbocycles. The van der Waals surface area contributed by atoms with Crippen molar-refractivity contribution in [3.05, 3.63) is 81.2 Å². The van der Waals surface area contributed by atoms with Crippen LogP contribution in [0.15, 0.2) is 51.9 Å². The SMILES string of the molecule is COc1ccc(CCn2c(C)cc(=O)c(C(=O)NC(C)c3ccco3)c2C2CC2)cc1OC. The third-order valence-corrected chi connectivity index (χ3v) is 6.14. The third-order valence-electron chi connectivity index (χ3n) is 6.14. The smallest absolute Gasteiger partial charge is 0.257 e. The van der Waals surface area contributed by atoms with Gasteiger partial charge in [-0.25, -0.2) is 0 Å². The normalized spacial score (nSPS) is 14.1. The summed E-state index contributed by atoms with van der Waals surface area (Å²) in [5.74, 6) is 1.88. The number of aromatic nitrogens is 1. The maximum Gasteiger partial charge on any atom is 0.257 e. The molecule has 1 saturated carbocycles. The van der Waals surface area contributed by atoms with E-state index in [9.17, 15) is 9.59 Å². The molecule has 0 spiro atoms. The number of carbonyl (C=O) groups excluding carboxylic acids is 1. The number of nitrogens with one attached hydrogen (secondary N) is 1. The highest BCUT2D eigenvalue weighted by molar-refractivity contribution is 5.95. The first kappa shape index (κ1) is 22.7. The van der Waals surface area contributed by atoms with Gasteiger partial charge in [0, 0.05) is 29.9 Å². The van der Waals surface area contributed by atoms with Crippen molar-refractivity contribution in [3.8, 4) is 11.5 Å². The Hall–Kier alpha value is -3.48. The van der Waals surface area contributed by atoms with Crippen LogP contribution in [0.1, 0.15) is 64.8 Å². The van der Waals surface area contributed by atoms with Crippen LogP contribution in [0.4, 0.5) is 0 Å². The number of methoxy groups -OCH3 is 2. The molecule has 1 aliphatic rings. The van der Waals surface area contributed by atoms with Gasteiger partial charge in [-0.2, -0.15) is 0 Å². The van der Waals surface area contributed by atoms with Crippen LogP contribution in [0.2, 0.25) is 0 Å². The Morgan fingerprint density at radius 2 is 1.94 bits per heavy atom. The number of hydrogen-bond acceptors (Lipinski definition) is 5. The van der Waals surface area contributed by atoms with Gasteiger partial charge in [0.1, 0.15) is 11.3 Å². The van der Waals surface area contributed by atoms with Gasteiger partial charge in [0.05, 0.1) is 26.5 Å². The van der Waals surface area contributed by atoms with Crippen molar-refractivity contribution in [2.24, 2.45) is 0 Å². The molecule has 0 aliphatic heterocycles. The van der Waals surface area contributed by atoms with Gasteiger partial charge in [0.25, 0.3) is 5.91 Å². The van der Waals surface area contributed by atoms with Crippen LogP contribution in [0.3, 0.4) is 0 Å². The van der Waals surface area contributed by atoms with Gasteiger partial charge in [-0.1, -0.05) is 6.07 Å². The first-order valence-corrected chi connectivity index (χ1v) is 11.2. The molecule has 1 fully saturated rings. The lowest BCUT2D eigenvalue weighted by atomic mass is 10.0. The summed E-state index contributed by atoms with van der Waals surface area (Å²) in [6, 6.07) is 10.7. The average Bonchev–Trinajstić information content (AvgIpc) is 3.49. The van der Waals surface area contributed by atoms with Crippen molar-refractivity contribution in [1.82, 2.24) is 9.88 Å². The van der Waals surface area contributed by atoms with Gasteiger partial charge in [0.2, 0.25) is 0 Å². The highest BCUT2D eigenvalue weighted by Crippen LogP contribution is 2.41. The Morgan fingerprint density at radius 1 is 1.18 bits per heavy atom. The van der Waals surface area contributed by atoms with E-state index >= 15 is 0 Å². The molecular weight excluding hydrogens is 420 g/mol. The lowest BCUT2D eigenvalue weighted by Gasteiger charge is -2.21. The molecule has 1 atom stereocenters. The molecule has 3 aromatic rings. The Kier molecular flexibility index (Phi) is 6.58. The molecule has 2 aromatic heterocycles. The fraction of sp³-hybridized carbons (Fsp3) is 0.385. The van der Waals surface area contributed by atoms with E-state index in [2.05, 4.69) is 9.88 Å². The van der Waals surface area contributed by atoms with Crippen molar-refractivity contribution in [2.75, 3.05) is 14.2 Å². The van der Waals surface area contributed by atoms with Crippen LogP contribution < -0.4 is 20.2 Å². The van der Waals surface area contributed by atoms with Gasteiger partial charge in [-0.3, -0.25) is 9.59 Å². The second-order valence-corrected chi connectivity index (χ2v) is 8.49. The molecule has 174 valence electrons. The summed E-state index contributed by atoms with van der Waals surface area (Å²) in [5.41, 5.74) is 2.79. The van der Waals surface area contributed by atoms with Crippen molar-refractivity contribution < 1.29 is 18.7 Å². The molecule has 7 nitrogen and oxygen atoms in total. The van der Waals surface area contributed by atoms with Gasteiger partial charge in [-0.05, 0) is 62.9 Å². The van der Waals surface area contributed by atoms with E-state index in [1.54, 1.807) is 32.6 Å². The number of benzene rings is 1. The topological polar surface area (TPSA) is 82.7 Å². The molecule has 1 aromatic carbocycles. The fourth-order valence-corrected chi connectivity index (χ4v) is 4.25. The molecule has 0 saturated heterocycles. The molecule has 4 rings (SSSR count). The van der Waals surface area contributed by atoms with Gasteiger partial charge in [-0.15, -0.1) is 0 Å². The van der Waals surface area contributed by atoms with E-state index in [1.807, 2.05) is 38.1 Å². The van der Waals surface area contributed by atoms with Crippen LogP contribution in [0.5, 0.6) is 11.5 Å². The number of ether oxygens (including phenoxy) is 2. The van der Waals surface area contributed by atoms with Crippen LogP contribution in [0.25, 0.3) is 0 Å². The van der Waals surface area contributed by atoms with E-state index < -0.39 is 0 Å². The van der Waals surface area contributed by atoms with Crippen LogP contribution in [-0.2, 0) is 13.0 Å². The second kappa shape index (κ2) is 9.57. The fourth-order valence-electron chi connectivity index (χ4n) is 4.25. The van der Waals surface area contributed by atoms with Crippen LogP contribution >= 0.6 is 0 Å². The second-order valence-electron chi connectivity index (χ2n) is 8.49. The zero-order valence-electron chi connectivity index (χ0n) is 19.5. The van der Waals surface area contributed by atoms with Crippen molar-refractivity contribution in [3.63, 3.8) is 0 Å². The number of amides is 1. The zero-order chi connectivity index (χ0) is 23.5. The highest BCUT2D eigenvalue weighted by atomic mass is 16.5. The Balaban J connectivity index is 1.63. The Bertz CT molecular complexity index is 1190. The summed E-state index contributed by atoms with van der Waals surface area (Å²) in [6.45, 7) is 4.42. The number of pyridine rings is 1.